The van der Waals surface area contributed by atoms with Crippen LogP contribution in [-0.2, 0) is 22.1 Å². The molecule has 0 unspecified atom stereocenters. The van der Waals surface area contributed by atoms with E-state index in [0.717, 1.165) is 36.3 Å². The molecule has 0 aliphatic carbocycles. The first-order valence-electron chi connectivity index (χ1n) is 17.2. The molecular weight excluding hydrogens is 694 g/mol. The van der Waals surface area contributed by atoms with Crippen LogP contribution in [0.2, 0.25) is 0 Å². The zero-order valence-corrected chi connectivity index (χ0v) is 29.0. The molecule has 3 aromatic rings. The van der Waals surface area contributed by atoms with Crippen LogP contribution in [0.1, 0.15) is 54.1 Å². The molecule has 2 saturated heterocycles. The SMILES string of the molecule is CCC[C@H]1N(C(=O)c2cnccc2C(F)(F)F)CCC[C@@]1(Cc1ccc(OC(F)(F)F)cc1)C(=O)N1CCN(c2ccccc2OCCOC)CC1. The van der Waals surface area contributed by atoms with Crippen LogP contribution < -0.4 is 14.4 Å². The quantitative estimate of drug-likeness (QED) is 0.146. The van der Waals surface area contributed by atoms with Gasteiger partial charge in [-0.25, -0.2) is 0 Å². The fraction of sp³-hybridized carbons (Fsp3) is 0.486. The van der Waals surface area contributed by atoms with Gasteiger partial charge in [0.1, 0.15) is 18.1 Å². The van der Waals surface area contributed by atoms with Crippen LogP contribution in [0.25, 0.3) is 0 Å². The lowest BCUT2D eigenvalue weighted by atomic mass is 9.66. The minimum absolute atomic E-state index is 0.0438. The molecule has 9 nitrogen and oxygen atoms in total. The molecule has 2 atom stereocenters. The van der Waals surface area contributed by atoms with Gasteiger partial charge >= 0.3 is 12.5 Å². The Labute approximate surface area is 298 Å². The van der Waals surface area contributed by atoms with Crippen molar-refractivity contribution >= 4 is 17.5 Å². The number of amides is 2. The Balaban J connectivity index is 1.48. The Morgan fingerprint density at radius 1 is 0.923 bits per heavy atom. The summed E-state index contributed by atoms with van der Waals surface area (Å²) in [5.41, 5.74) is -1.63. The van der Waals surface area contributed by atoms with Crippen molar-refractivity contribution in [2.75, 3.05) is 57.9 Å². The van der Waals surface area contributed by atoms with Gasteiger partial charge in [-0.1, -0.05) is 37.6 Å². The Hall–Kier alpha value is -4.53. The molecule has 0 bridgehead atoms. The number of anilines is 1. The summed E-state index contributed by atoms with van der Waals surface area (Å²) >= 11 is 0. The number of rotatable bonds is 12. The maximum atomic E-state index is 15.0. The number of pyridine rings is 1. The maximum Gasteiger partial charge on any atom is 0.573 e. The van der Waals surface area contributed by atoms with Crippen molar-refractivity contribution in [2.24, 2.45) is 5.41 Å². The number of hydrogen-bond donors (Lipinski definition) is 0. The molecule has 2 amide bonds. The summed E-state index contributed by atoms with van der Waals surface area (Å²) < 4.78 is 96.0. The molecule has 2 aromatic carbocycles. The zero-order valence-electron chi connectivity index (χ0n) is 29.0. The molecule has 1 aromatic heterocycles. The van der Waals surface area contributed by atoms with E-state index in [0.29, 0.717) is 76.4 Å². The van der Waals surface area contributed by atoms with E-state index in [9.17, 15) is 35.9 Å². The van der Waals surface area contributed by atoms with Gasteiger partial charge in [-0.2, -0.15) is 13.2 Å². The predicted octanol–water partition coefficient (Wildman–Crippen LogP) is 7.01. The highest BCUT2D eigenvalue weighted by molar-refractivity contribution is 5.97. The Morgan fingerprint density at radius 3 is 2.29 bits per heavy atom. The lowest BCUT2D eigenvalue weighted by Gasteiger charge is -2.52. The number of carbonyl (C=O) groups excluding carboxylic acids is 2. The number of methoxy groups -OCH3 is 1. The standard InChI is InChI=1S/C37H42F6N4O5/c1-3-7-32-35(24-26-10-12-27(13-11-26)52-37(41,42)43,15-6-17-47(32)33(48)28-25-44-16-14-29(28)36(38,39)40)34(49)46-20-18-45(19-21-46)30-8-4-5-9-31(30)51-23-22-50-2/h4-5,8-14,16,25,32H,3,6-7,15,17-24H2,1-2H3/t32-,35+/m1/s1. The van der Waals surface area contributed by atoms with Crippen LogP contribution in [-0.4, -0.2) is 92.0 Å². The van der Waals surface area contributed by atoms with Crippen molar-refractivity contribution in [3.05, 3.63) is 83.7 Å². The topological polar surface area (TPSA) is 84.4 Å². The van der Waals surface area contributed by atoms with Crippen LogP contribution in [0.4, 0.5) is 32.0 Å². The number of benzene rings is 2. The third-order valence-corrected chi connectivity index (χ3v) is 9.64. The molecule has 2 fully saturated rings. The van der Waals surface area contributed by atoms with Crippen LogP contribution in [0.15, 0.2) is 67.0 Å². The lowest BCUT2D eigenvalue weighted by Crippen LogP contribution is -2.63. The van der Waals surface area contributed by atoms with Gasteiger partial charge in [0.25, 0.3) is 5.91 Å². The summed E-state index contributed by atoms with van der Waals surface area (Å²) in [6.07, 6.45) is -6.33. The fourth-order valence-corrected chi connectivity index (χ4v) is 7.35. The van der Waals surface area contributed by atoms with Gasteiger partial charge in [-0.3, -0.25) is 14.6 Å². The van der Waals surface area contributed by atoms with Gasteiger partial charge in [0.05, 0.1) is 28.8 Å². The summed E-state index contributed by atoms with van der Waals surface area (Å²) in [5, 5.41) is 0. The molecule has 2 aliphatic rings. The number of alkyl halides is 6. The highest BCUT2D eigenvalue weighted by Crippen LogP contribution is 2.45. The highest BCUT2D eigenvalue weighted by atomic mass is 19.4. The number of aromatic nitrogens is 1. The van der Waals surface area contributed by atoms with Crippen molar-refractivity contribution in [3.8, 4) is 11.5 Å². The van der Waals surface area contributed by atoms with Crippen molar-refractivity contribution in [1.29, 1.82) is 0 Å². The van der Waals surface area contributed by atoms with Crippen LogP contribution in [0.5, 0.6) is 11.5 Å². The highest BCUT2D eigenvalue weighted by Gasteiger charge is 2.53. The first-order valence-corrected chi connectivity index (χ1v) is 17.2. The average molecular weight is 737 g/mol. The van der Waals surface area contributed by atoms with E-state index < -0.39 is 46.8 Å². The first kappa shape index (κ1) is 38.7. The second-order valence-electron chi connectivity index (χ2n) is 12.9. The number of halogens is 6. The van der Waals surface area contributed by atoms with E-state index in [1.807, 2.05) is 31.2 Å². The molecule has 0 N–H and O–H groups in total. The van der Waals surface area contributed by atoms with Crippen LogP contribution in [0, 0.1) is 5.41 Å². The minimum Gasteiger partial charge on any atom is -0.489 e. The van der Waals surface area contributed by atoms with Gasteiger partial charge in [0.2, 0.25) is 5.91 Å². The van der Waals surface area contributed by atoms with Crippen molar-refractivity contribution < 1.29 is 50.1 Å². The van der Waals surface area contributed by atoms with Gasteiger partial charge in [0.15, 0.2) is 0 Å². The number of piperidine rings is 1. The molecule has 52 heavy (non-hydrogen) atoms. The summed E-state index contributed by atoms with van der Waals surface area (Å²) in [5.74, 6) is -0.891. The second kappa shape index (κ2) is 16.4. The molecule has 0 spiro atoms. The molecule has 5 rings (SSSR count). The molecule has 2 aliphatic heterocycles. The second-order valence-corrected chi connectivity index (χ2v) is 12.9. The van der Waals surface area contributed by atoms with E-state index in [1.165, 1.54) is 17.0 Å². The minimum atomic E-state index is -4.89. The number of nitrogens with zero attached hydrogens (tertiary/aromatic N) is 4. The van der Waals surface area contributed by atoms with Crippen molar-refractivity contribution in [1.82, 2.24) is 14.8 Å². The van der Waals surface area contributed by atoms with E-state index in [1.54, 1.807) is 12.0 Å². The summed E-state index contributed by atoms with van der Waals surface area (Å²) in [6, 6.07) is 12.7. The summed E-state index contributed by atoms with van der Waals surface area (Å²) in [4.78, 5) is 38.1. The third kappa shape index (κ3) is 8.91. The number of likely N-dealkylation sites (tertiary alicyclic amines) is 1. The molecule has 282 valence electrons. The maximum absolute atomic E-state index is 15.0. The normalized spacial score (nSPS) is 19.8. The first-order chi connectivity index (χ1) is 24.8. The predicted molar refractivity (Wildman–Crippen MR) is 180 cm³/mol. The van der Waals surface area contributed by atoms with Crippen LogP contribution in [0.3, 0.4) is 0 Å². The van der Waals surface area contributed by atoms with Crippen molar-refractivity contribution in [2.45, 2.75) is 57.6 Å². The largest absolute Gasteiger partial charge is 0.573 e. The number of ether oxygens (including phenoxy) is 3. The molecule has 15 heteroatoms. The number of hydrogen-bond acceptors (Lipinski definition) is 7. The van der Waals surface area contributed by atoms with E-state index in [-0.39, 0.29) is 18.9 Å². The molecule has 0 radical (unpaired) electrons. The Morgan fingerprint density at radius 2 is 1.63 bits per heavy atom. The van der Waals surface area contributed by atoms with Gasteiger partial charge < -0.3 is 28.9 Å². The van der Waals surface area contributed by atoms with Crippen LogP contribution >= 0.6 is 0 Å². The number of para-hydroxylation sites is 2. The molecular formula is C37H42F6N4O5. The van der Waals surface area contributed by atoms with Crippen molar-refractivity contribution in [3.63, 3.8) is 0 Å². The summed E-state index contributed by atoms with van der Waals surface area (Å²) in [6.45, 7) is 4.31. The zero-order chi connectivity index (χ0) is 37.5. The molecule has 0 saturated carbocycles. The van der Waals surface area contributed by atoms with E-state index in [4.69, 9.17) is 9.47 Å². The average Bonchev–Trinajstić information content (AvgIpc) is 3.12. The van der Waals surface area contributed by atoms with E-state index in [2.05, 4.69) is 14.6 Å². The Bertz CT molecular complexity index is 1660. The van der Waals surface area contributed by atoms with Gasteiger partial charge in [-0.05, 0) is 61.6 Å². The third-order valence-electron chi connectivity index (χ3n) is 9.64. The lowest BCUT2D eigenvalue weighted by molar-refractivity contribution is -0.274. The van der Waals surface area contributed by atoms with E-state index >= 15 is 0 Å². The van der Waals surface area contributed by atoms with Gasteiger partial charge in [0, 0.05) is 58.3 Å². The molecule has 3 heterocycles. The smallest absolute Gasteiger partial charge is 0.489 e. The fourth-order valence-electron chi connectivity index (χ4n) is 7.35. The monoisotopic (exact) mass is 736 g/mol. The summed E-state index contributed by atoms with van der Waals surface area (Å²) in [7, 11) is 1.58. The Kier molecular flexibility index (Phi) is 12.2. The number of piperazine rings is 1. The van der Waals surface area contributed by atoms with Gasteiger partial charge in [-0.15, -0.1) is 13.2 Å². The number of carbonyl (C=O) groups is 2.